The zero-order valence-electron chi connectivity index (χ0n) is 17.3. The predicted molar refractivity (Wildman–Crippen MR) is 113 cm³/mol. The molecule has 26 heavy (non-hydrogen) atoms. The molecule has 0 aromatic heterocycles. The molecule has 0 heterocycles. The van der Waals surface area contributed by atoms with E-state index in [4.69, 9.17) is 4.74 Å². The lowest BCUT2D eigenvalue weighted by Crippen LogP contribution is -2.28. The lowest BCUT2D eigenvalue weighted by Gasteiger charge is -2.25. The van der Waals surface area contributed by atoms with Crippen LogP contribution in [0.1, 0.15) is 103 Å². The van der Waals surface area contributed by atoms with Crippen LogP contribution in [0.15, 0.2) is 24.3 Å². The molecule has 1 N–H and O–H groups in total. The van der Waals surface area contributed by atoms with E-state index in [1.54, 1.807) is 0 Å². The third-order valence-corrected chi connectivity index (χ3v) is 5.84. The minimum Gasteiger partial charge on any atom is -0.494 e. The molecule has 2 heteroatoms. The molecule has 0 amide bonds. The summed E-state index contributed by atoms with van der Waals surface area (Å²) in [4.78, 5) is 0. The monoisotopic (exact) mass is 359 g/mol. The van der Waals surface area contributed by atoms with Crippen LogP contribution in [0.25, 0.3) is 0 Å². The molecule has 0 spiro atoms. The lowest BCUT2D eigenvalue weighted by molar-refractivity contribution is 0.304. The van der Waals surface area contributed by atoms with Crippen molar-refractivity contribution in [1.82, 2.24) is 5.32 Å². The van der Waals surface area contributed by atoms with Gasteiger partial charge in [0.25, 0.3) is 0 Å². The van der Waals surface area contributed by atoms with E-state index in [1.165, 1.54) is 82.7 Å². The fourth-order valence-electron chi connectivity index (χ4n) is 4.07. The number of ether oxygens (including phenoxy) is 1. The molecule has 2 rings (SSSR count). The average molecular weight is 360 g/mol. The van der Waals surface area contributed by atoms with E-state index in [0.29, 0.717) is 6.04 Å². The van der Waals surface area contributed by atoms with Crippen LogP contribution in [0.4, 0.5) is 0 Å². The molecule has 148 valence electrons. The third-order valence-electron chi connectivity index (χ3n) is 5.84. The normalized spacial score (nSPS) is 16.5. The second-order valence-corrected chi connectivity index (χ2v) is 8.06. The van der Waals surface area contributed by atoms with Gasteiger partial charge in [0.2, 0.25) is 0 Å². The number of hydrogen-bond donors (Lipinski definition) is 1. The van der Waals surface area contributed by atoms with Gasteiger partial charge in [-0.2, -0.15) is 0 Å². The fourth-order valence-corrected chi connectivity index (χ4v) is 4.07. The zero-order valence-corrected chi connectivity index (χ0v) is 17.3. The lowest BCUT2D eigenvalue weighted by atomic mass is 9.89. The molecule has 1 aromatic rings. The van der Waals surface area contributed by atoms with E-state index in [2.05, 4.69) is 43.4 Å². The number of benzene rings is 1. The molecule has 1 aliphatic carbocycles. The van der Waals surface area contributed by atoms with Crippen molar-refractivity contribution in [2.75, 3.05) is 13.2 Å². The standard InChI is InChI=1S/C24H41NO/c1-3-5-6-7-8-12-19-26-23-17-15-22(16-18-23)24(4-2)25-20-21-13-10-9-11-14-21/h15-18,21,24-25H,3-14,19-20H2,1-2H3. The van der Waals surface area contributed by atoms with E-state index in [0.717, 1.165) is 24.7 Å². The van der Waals surface area contributed by atoms with Gasteiger partial charge >= 0.3 is 0 Å². The minimum absolute atomic E-state index is 0.476. The first kappa shape index (κ1) is 21.3. The van der Waals surface area contributed by atoms with Crippen molar-refractivity contribution < 1.29 is 4.74 Å². The summed E-state index contributed by atoms with van der Waals surface area (Å²) in [6.45, 7) is 6.57. The molecule has 0 bridgehead atoms. The zero-order chi connectivity index (χ0) is 18.5. The van der Waals surface area contributed by atoms with Gasteiger partial charge in [-0.05, 0) is 55.8 Å². The van der Waals surface area contributed by atoms with Crippen molar-refractivity contribution in [3.63, 3.8) is 0 Å². The largest absolute Gasteiger partial charge is 0.494 e. The second-order valence-electron chi connectivity index (χ2n) is 8.06. The summed E-state index contributed by atoms with van der Waals surface area (Å²) in [5, 5.41) is 3.81. The first-order valence-corrected chi connectivity index (χ1v) is 11.3. The molecular weight excluding hydrogens is 318 g/mol. The number of hydrogen-bond acceptors (Lipinski definition) is 2. The minimum atomic E-state index is 0.476. The molecular formula is C24H41NO. The molecule has 1 fully saturated rings. The van der Waals surface area contributed by atoms with Crippen LogP contribution in [-0.4, -0.2) is 13.2 Å². The van der Waals surface area contributed by atoms with E-state index in [-0.39, 0.29) is 0 Å². The quantitative estimate of drug-likeness (QED) is 0.381. The molecule has 0 saturated heterocycles. The van der Waals surface area contributed by atoms with Crippen molar-refractivity contribution >= 4 is 0 Å². The summed E-state index contributed by atoms with van der Waals surface area (Å²) in [5.74, 6) is 1.90. The third kappa shape index (κ3) is 8.12. The van der Waals surface area contributed by atoms with Crippen LogP contribution in [0, 0.1) is 5.92 Å². The van der Waals surface area contributed by atoms with Gasteiger partial charge in [-0.1, -0.05) is 77.3 Å². The summed E-state index contributed by atoms with van der Waals surface area (Å²) < 4.78 is 5.92. The number of rotatable bonds is 13. The summed E-state index contributed by atoms with van der Waals surface area (Å²) in [6.07, 6.45) is 16.1. The SMILES string of the molecule is CCCCCCCCOc1ccc(C(CC)NCC2CCCCC2)cc1. The van der Waals surface area contributed by atoms with E-state index < -0.39 is 0 Å². The van der Waals surface area contributed by atoms with Crippen molar-refractivity contribution in [3.05, 3.63) is 29.8 Å². The van der Waals surface area contributed by atoms with Crippen LogP contribution in [0.5, 0.6) is 5.75 Å². The Morgan fingerprint density at radius 3 is 2.31 bits per heavy atom. The van der Waals surface area contributed by atoms with E-state index >= 15 is 0 Å². The molecule has 1 atom stereocenters. The molecule has 1 unspecified atom stereocenters. The Hall–Kier alpha value is -1.02. The van der Waals surface area contributed by atoms with Gasteiger partial charge in [-0.3, -0.25) is 0 Å². The van der Waals surface area contributed by atoms with Gasteiger partial charge in [-0.15, -0.1) is 0 Å². The Labute approximate surface area is 162 Å². The smallest absolute Gasteiger partial charge is 0.119 e. The molecule has 0 radical (unpaired) electrons. The van der Waals surface area contributed by atoms with Crippen molar-refractivity contribution in [3.8, 4) is 5.75 Å². The highest BCUT2D eigenvalue weighted by Crippen LogP contribution is 2.25. The molecule has 0 aliphatic heterocycles. The number of unbranched alkanes of at least 4 members (excludes halogenated alkanes) is 5. The Morgan fingerprint density at radius 1 is 0.923 bits per heavy atom. The van der Waals surface area contributed by atoms with Gasteiger partial charge in [0.05, 0.1) is 6.61 Å². The van der Waals surface area contributed by atoms with E-state index in [9.17, 15) is 0 Å². The number of nitrogens with one attached hydrogen (secondary N) is 1. The van der Waals surface area contributed by atoms with Gasteiger partial charge in [0.1, 0.15) is 5.75 Å². The molecule has 1 aliphatic rings. The van der Waals surface area contributed by atoms with Gasteiger partial charge in [-0.25, -0.2) is 0 Å². The Bertz CT molecular complexity index is 450. The Balaban J connectivity index is 1.67. The van der Waals surface area contributed by atoms with Crippen LogP contribution in [0.3, 0.4) is 0 Å². The Kier molecular flexibility index (Phi) is 10.8. The highest BCUT2D eigenvalue weighted by atomic mass is 16.5. The second kappa shape index (κ2) is 13.2. The van der Waals surface area contributed by atoms with Crippen LogP contribution in [-0.2, 0) is 0 Å². The van der Waals surface area contributed by atoms with Crippen molar-refractivity contribution in [2.45, 2.75) is 96.9 Å². The van der Waals surface area contributed by atoms with Gasteiger partial charge in [0.15, 0.2) is 0 Å². The maximum atomic E-state index is 5.92. The highest BCUT2D eigenvalue weighted by Gasteiger charge is 2.16. The van der Waals surface area contributed by atoms with Crippen LogP contribution in [0.2, 0.25) is 0 Å². The van der Waals surface area contributed by atoms with E-state index in [1.807, 2.05) is 0 Å². The molecule has 1 saturated carbocycles. The average Bonchev–Trinajstić information content (AvgIpc) is 2.69. The van der Waals surface area contributed by atoms with Crippen molar-refractivity contribution in [1.29, 1.82) is 0 Å². The summed E-state index contributed by atoms with van der Waals surface area (Å²) in [6, 6.07) is 9.27. The fraction of sp³-hybridized carbons (Fsp3) is 0.750. The highest BCUT2D eigenvalue weighted by molar-refractivity contribution is 5.29. The Morgan fingerprint density at radius 2 is 1.62 bits per heavy atom. The molecule has 2 nitrogen and oxygen atoms in total. The summed E-state index contributed by atoms with van der Waals surface area (Å²) in [5.41, 5.74) is 1.40. The van der Waals surface area contributed by atoms with Gasteiger partial charge in [0, 0.05) is 6.04 Å². The summed E-state index contributed by atoms with van der Waals surface area (Å²) in [7, 11) is 0. The first-order chi connectivity index (χ1) is 12.8. The first-order valence-electron chi connectivity index (χ1n) is 11.3. The van der Waals surface area contributed by atoms with Crippen molar-refractivity contribution in [2.24, 2.45) is 5.92 Å². The maximum Gasteiger partial charge on any atom is 0.119 e. The molecule has 1 aromatic carbocycles. The van der Waals surface area contributed by atoms with Crippen LogP contribution >= 0.6 is 0 Å². The van der Waals surface area contributed by atoms with Gasteiger partial charge < -0.3 is 10.1 Å². The topological polar surface area (TPSA) is 21.3 Å². The predicted octanol–water partition coefficient (Wildman–Crippen LogP) is 7.05. The van der Waals surface area contributed by atoms with Crippen LogP contribution < -0.4 is 10.1 Å². The summed E-state index contributed by atoms with van der Waals surface area (Å²) >= 11 is 0. The maximum absolute atomic E-state index is 5.92.